The SMILES string of the molecule is Cc1ccc(CS(=O)c2cc(C)ccc2N)cc1. The summed E-state index contributed by atoms with van der Waals surface area (Å²) in [6, 6.07) is 13.7. The van der Waals surface area contributed by atoms with Gasteiger partial charge in [-0.05, 0) is 37.1 Å². The minimum absolute atomic E-state index is 0.508. The van der Waals surface area contributed by atoms with Gasteiger partial charge in [0.25, 0.3) is 0 Å². The number of nitrogens with two attached hydrogens (primary N) is 1. The van der Waals surface area contributed by atoms with E-state index in [0.717, 1.165) is 16.0 Å². The maximum absolute atomic E-state index is 12.3. The standard InChI is InChI=1S/C15H17NOS/c1-11-3-6-13(7-4-11)10-18(17)15-9-12(2)5-8-14(15)16/h3-9H,10,16H2,1-2H3. The van der Waals surface area contributed by atoms with Crippen LogP contribution < -0.4 is 5.73 Å². The molecule has 2 rings (SSSR count). The molecule has 0 aliphatic rings. The molecule has 0 amide bonds. The molecule has 0 radical (unpaired) electrons. The fourth-order valence-corrected chi connectivity index (χ4v) is 3.05. The summed E-state index contributed by atoms with van der Waals surface area (Å²) < 4.78 is 12.3. The van der Waals surface area contributed by atoms with Gasteiger partial charge in [0.05, 0.1) is 21.4 Å². The van der Waals surface area contributed by atoms with Gasteiger partial charge < -0.3 is 5.73 Å². The van der Waals surface area contributed by atoms with E-state index in [4.69, 9.17) is 5.73 Å². The van der Waals surface area contributed by atoms with Gasteiger partial charge in [-0.3, -0.25) is 4.21 Å². The van der Waals surface area contributed by atoms with Crippen LogP contribution in [0.25, 0.3) is 0 Å². The summed E-state index contributed by atoms with van der Waals surface area (Å²) >= 11 is 0. The van der Waals surface area contributed by atoms with E-state index in [-0.39, 0.29) is 0 Å². The number of anilines is 1. The van der Waals surface area contributed by atoms with Crippen molar-refractivity contribution < 1.29 is 4.21 Å². The minimum Gasteiger partial charge on any atom is -0.398 e. The molecule has 0 bridgehead atoms. The Morgan fingerprint density at radius 3 is 2.28 bits per heavy atom. The van der Waals surface area contributed by atoms with Crippen LogP contribution in [0.4, 0.5) is 5.69 Å². The number of hydrogen-bond donors (Lipinski definition) is 1. The summed E-state index contributed by atoms with van der Waals surface area (Å²) in [7, 11) is -1.09. The molecule has 0 heterocycles. The number of hydrogen-bond acceptors (Lipinski definition) is 2. The topological polar surface area (TPSA) is 43.1 Å². The fraction of sp³-hybridized carbons (Fsp3) is 0.200. The Hall–Kier alpha value is -1.61. The van der Waals surface area contributed by atoms with Crippen molar-refractivity contribution in [2.24, 2.45) is 0 Å². The highest BCUT2D eigenvalue weighted by atomic mass is 32.2. The Morgan fingerprint density at radius 2 is 1.61 bits per heavy atom. The first kappa shape index (κ1) is 12.8. The van der Waals surface area contributed by atoms with Crippen molar-refractivity contribution in [3.63, 3.8) is 0 Å². The number of nitrogen functional groups attached to an aromatic ring is 1. The van der Waals surface area contributed by atoms with Crippen molar-refractivity contribution in [3.05, 3.63) is 59.2 Å². The summed E-state index contributed by atoms with van der Waals surface area (Å²) in [5.74, 6) is 0.508. The predicted octanol–water partition coefficient (Wildman–Crippen LogP) is 3.19. The third kappa shape index (κ3) is 2.99. The molecule has 0 aromatic heterocycles. The van der Waals surface area contributed by atoms with Gasteiger partial charge >= 0.3 is 0 Å². The second-order valence-corrected chi connectivity index (χ2v) is 5.94. The van der Waals surface area contributed by atoms with Crippen molar-refractivity contribution in [1.82, 2.24) is 0 Å². The summed E-state index contributed by atoms with van der Waals surface area (Å²) in [6.07, 6.45) is 0. The van der Waals surface area contributed by atoms with Crippen molar-refractivity contribution in [1.29, 1.82) is 0 Å². The van der Waals surface area contributed by atoms with Crippen LogP contribution in [0.15, 0.2) is 47.4 Å². The zero-order valence-corrected chi connectivity index (χ0v) is 11.5. The van der Waals surface area contributed by atoms with Crippen LogP contribution in [-0.2, 0) is 16.6 Å². The number of benzene rings is 2. The Bertz CT molecular complexity index is 576. The largest absolute Gasteiger partial charge is 0.398 e. The highest BCUT2D eigenvalue weighted by Crippen LogP contribution is 2.20. The summed E-state index contributed by atoms with van der Waals surface area (Å²) in [6.45, 7) is 4.02. The van der Waals surface area contributed by atoms with Crippen LogP contribution in [0.5, 0.6) is 0 Å². The number of rotatable bonds is 3. The highest BCUT2D eigenvalue weighted by molar-refractivity contribution is 7.84. The van der Waals surface area contributed by atoms with Gasteiger partial charge in [-0.25, -0.2) is 0 Å². The lowest BCUT2D eigenvalue weighted by Gasteiger charge is -2.07. The smallest absolute Gasteiger partial charge is 0.0623 e. The molecular formula is C15H17NOS. The first-order valence-corrected chi connectivity index (χ1v) is 7.18. The molecule has 2 nitrogen and oxygen atoms in total. The van der Waals surface area contributed by atoms with Gasteiger partial charge in [0.1, 0.15) is 0 Å². The van der Waals surface area contributed by atoms with Gasteiger partial charge in [0.15, 0.2) is 0 Å². The van der Waals surface area contributed by atoms with Crippen LogP contribution in [0, 0.1) is 13.8 Å². The Morgan fingerprint density at radius 1 is 1.00 bits per heavy atom. The molecule has 18 heavy (non-hydrogen) atoms. The zero-order chi connectivity index (χ0) is 13.1. The lowest BCUT2D eigenvalue weighted by molar-refractivity contribution is 0.683. The van der Waals surface area contributed by atoms with E-state index in [1.807, 2.05) is 56.3 Å². The van der Waals surface area contributed by atoms with E-state index in [2.05, 4.69) is 0 Å². The third-order valence-corrected chi connectivity index (χ3v) is 4.27. The zero-order valence-electron chi connectivity index (χ0n) is 10.6. The van der Waals surface area contributed by atoms with E-state index in [9.17, 15) is 4.21 Å². The van der Waals surface area contributed by atoms with Crippen LogP contribution in [0.1, 0.15) is 16.7 Å². The maximum Gasteiger partial charge on any atom is 0.0623 e. The van der Waals surface area contributed by atoms with Crippen molar-refractivity contribution in [3.8, 4) is 0 Å². The third-order valence-electron chi connectivity index (χ3n) is 2.83. The van der Waals surface area contributed by atoms with Gasteiger partial charge in [0.2, 0.25) is 0 Å². The number of aryl methyl sites for hydroxylation is 2. The molecule has 2 N–H and O–H groups in total. The second-order valence-electron chi connectivity index (χ2n) is 4.52. The van der Waals surface area contributed by atoms with Gasteiger partial charge in [-0.1, -0.05) is 35.9 Å². The van der Waals surface area contributed by atoms with Gasteiger partial charge in [-0.2, -0.15) is 0 Å². The van der Waals surface area contributed by atoms with E-state index in [1.165, 1.54) is 5.56 Å². The first-order valence-electron chi connectivity index (χ1n) is 5.86. The van der Waals surface area contributed by atoms with E-state index in [1.54, 1.807) is 0 Å². The van der Waals surface area contributed by atoms with Crippen LogP contribution in [0.2, 0.25) is 0 Å². The average molecular weight is 259 g/mol. The molecule has 0 saturated heterocycles. The van der Waals surface area contributed by atoms with E-state index in [0.29, 0.717) is 11.4 Å². The predicted molar refractivity (Wildman–Crippen MR) is 76.9 cm³/mol. The first-order chi connectivity index (χ1) is 8.56. The summed E-state index contributed by atoms with van der Waals surface area (Å²) in [5, 5.41) is 0. The van der Waals surface area contributed by atoms with Crippen molar-refractivity contribution in [2.45, 2.75) is 24.5 Å². The van der Waals surface area contributed by atoms with E-state index < -0.39 is 10.8 Å². The Labute approximate surface area is 110 Å². The van der Waals surface area contributed by atoms with Gasteiger partial charge in [-0.15, -0.1) is 0 Å². The molecule has 1 unspecified atom stereocenters. The monoisotopic (exact) mass is 259 g/mol. The van der Waals surface area contributed by atoms with E-state index >= 15 is 0 Å². The molecule has 2 aromatic rings. The maximum atomic E-state index is 12.3. The summed E-state index contributed by atoms with van der Waals surface area (Å²) in [4.78, 5) is 0.732. The average Bonchev–Trinajstić information content (AvgIpc) is 2.35. The molecule has 0 saturated carbocycles. The fourth-order valence-electron chi connectivity index (χ4n) is 1.75. The molecule has 2 aromatic carbocycles. The molecule has 0 spiro atoms. The molecule has 0 aliphatic carbocycles. The normalized spacial score (nSPS) is 12.3. The Kier molecular flexibility index (Phi) is 3.82. The molecule has 0 fully saturated rings. The molecule has 94 valence electrons. The molecule has 1 atom stereocenters. The molecule has 0 aliphatic heterocycles. The Balaban J connectivity index is 2.21. The quantitative estimate of drug-likeness (QED) is 0.860. The lowest BCUT2D eigenvalue weighted by atomic mass is 10.2. The van der Waals surface area contributed by atoms with Crippen molar-refractivity contribution >= 4 is 16.5 Å². The molecular weight excluding hydrogens is 242 g/mol. The minimum atomic E-state index is -1.09. The van der Waals surface area contributed by atoms with Crippen LogP contribution in [-0.4, -0.2) is 4.21 Å². The second kappa shape index (κ2) is 5.36. The van der Waals surface area contributed by atoms with Gasteiger partial charge in [0, 0.05) is 5.69 Å². The highest BCUT2D eigenvalue weighted by Gasteiger charge is 2.09. The van der Waals surface area contributed by atoms with Crippen molar-refractivity contribution in [2.75, 3.05) is 5.73 Å². The van der Waals surface area contributed by atoms with Crippen LogP contribution >= 0.6 is 0 Å². The lowest BCUT2D eigenvalue weighted by Crippen LogP contribution is -2.01. The molecule has 3 heteroatoms. The summed E-state index contributed by atoms with van der Waals surface area (Å²) in [5.41, 5.74) is 9.84. The van der Waals surface area contributed by atoms with Crippen LogP contribution in [0.3, 0.4) is 0 Å².